The summed E-state index contributed by atoms with van der Waals surface area (Å²) in [6, 6.07) is 5.60. The molecule has 3 saturated heterocycles. The monoisotopic (exact) mass is 591 g/mol. The first-order valence-corrected chi connectivity index (χ1v) is 15.8. The number of nitro benzene ring substituents is 1. The Labute approximate surface area is 249 Å². The zero-order chi connectivity index (χ0) is 30.0. The lowest BCUT2D eigenvalue weighted by atomic mass is 10.0. The molecule has 11 heteroatoms. The Kier molecular flexibility index (Phi) is 12.0. The Bertz CT molecular complexity index is 1000. The molecule has 42 heavy (non-hydrogen) atoms. The van der Waals surface area contributed by atoms with Crippen molar-refractivity contribution in [2.45, 2.75) is 121 Å². The van der Waals surface area contributed by atoms with Crippen molar-refractivity contribution in [2.24, 2.45) is 0 Å². The average molecular weight is 592 g/mol. The summed E-state index contributed by atoms with van der Waals surface area (Å²) in [5, 5.41) is 13.7. The van der Waals surface area contributed by atoms with Gasteiger partial charge < -0.3 is 28.6 Å². The van der Waals surface area contributed by atoms with Crippen LogP contribution >= 0.6 is 0 Å². The van der Waals surface area contributed by atoms with Crippen LogP contribution in [-0.4, -0.2) is 78.7 Å². The van der Waals surface area contributed by atoms with Gasteiger partial charge >= 0.3 is 6.09 Å². The first kappa shape index (κ1) is 32.6. The van der Waals surface area contributed by atoms with E-state index >= 15 is 0 Å². The van der Waals surface area contributed by atoms with Crippen LogP contribution in [0.1, 0.15) is 91.4 Å². The number of likely N-dealkylation sites (tertiary alicyclic amines) is 1. The van der Waals surface area contributed by atoms with Gasteiger partial charge in [0.1, 0.15) is 12.7 Å². The fourth-order valence-electron chi connectivity index (χ4n) is 6.13. The number of hydrogen-bond acceptors (Lipinski definition) is 9. The number of piperidine rings is 1. The number of unbranched alkanes of at least 4 members (excludes halogenated alkanes) is 7. The van der Waals surface area contributed by atoms with Gasteiger partial charge in [0.15, 0.2) is 18.0 Å². The van der Waals surface area contributed by atoms with Crippen molar-refractivity contribution in [2.75, 3.05) is 38.2 Å². The number of benzene rings is 1. The van der Waals surface area contributed by atoms with Crippen LogP contribution in [0.25, 0.3) is 0 Å². The van der Waals surface area contributed by atoms with E-state index in [1.807, 2.05) is 13.8 Å². The molecule has 0 spiro atoms. The van der Waals surface area contributed by atoms with Crippen LogP contribution in [0.3, 0.4) is 0 Å². The number of nitrogens with zero attached hydrogens (tertiary/aromatic N) is 2. The lowest BCUT2D eigenvalue weighted by Gasteiger charge is -2.33. The normalized spacial score (nSPS) is 27.1. The summed E-state index contributed by atoms with van der Waals surface area (Å²) >= 11 is 0. The molecule has 1 amide bonds. The maximum Gasteiger partial charge on any atom is 0.412 e. The summed E-state index contributed by atoms with van der Waals surface area (Å²) in [5.41, 5.74) is 0.330. The van der Waals surface area contributed by atoms with E-state index < -0.39 is 40.9 Å². The van der Waals surface area contributed by atoms with E-state index in [-0.39, 0.29) is 12.3 Å². The maximum atomic E-state index is 13.1. The summed E-state index contributed by atoms with van der Waals surface area (Å²) in [6.07, 6.45) is 10.6. The minimum absolute atomic E-state index is 0.0600. The number of anilines is 1. The molecule has 3 aliphatic rings. The van der Waals surface area contributed by atoms with Gasteiger partial charge in [-0.2, -0.15) is 0 Å². The molecule has 3 heterocycles. The highest BCUT2D eigenvalue weighted by Gasteiger charge is 2.66. The minimum atomic E-state index is -1.19. The SMILES string of the molecule is CCCCCCCCCCOC[C@@]12O[C@@H](CN3CCCCC3)[C@@H](OC(=O)Nc3ccc([N+](=O)[O-])cc3)[C@@H]1OC(C)(C)O2. The Morgan fingerprint density at radius 3 is 2.36 bits per heavy atom. The molecular formula is C31H49N3O8. The summed E-state index contributed by atoms with van der Waals surface area (Å²) in [6.45, 7) is 9.15. The molecule has 236 valence electrons. The van der Waals surface area contributed by atoms with Gasteiger partial charge in [-0.05, 0) is 58.3 Å². The Morgan fingerprint density at radius 1 is 1.02 bits per heavy atom. The summed E-state index contributed by atoms with van der Waals surface area (Å²) in [7, 11) is 0. The van der Waals surface area contributed by atoms with Crippen LogP contribution in [0.5, 0.6) is 0 Å². The smallest absolute Gasteiger partial charge is 0.412 e. The van der Waals surface area contributed by atoms with Gasteiger partial charge in [0.2, 0.25) is 5.79 Å². The molecular weight excluding hydrogens is 542 g/mol. The van der Waals surface area contributed by atoms with Crippen LogP contribution in [0.2, 0.25) is 0 Å². The number of nitro groups is 1. The number of amides is 1. The van der Waals surface area contributed by atoms with Gasteiger partial charge in [0.25, 0.3) is 5.69 Å². The summed E-state index contributed by atoms with van der Waals surface area (Å²) in [4.78, 5) is 25.9. The summed E-state index contributed by atoms with van der Waals surface area (Å²) < 4.78 is 31.4. The van der Waals surface area contributed by atoms with Crippen LogP contribution < -0.4 is 5.32 Å². The molecule has 11 nitrogen and oxygen atoms in total. The molecule has 0 saturated carbocycles. The largest absolute Gasteiger partial charge is 0.440 e. The van der Waals surface area contributed by atoms with Gasteiger partial charge in [-0.3, -0.25) is 15.4 Å². The Balaban J connectivity index is 1.38. The number of non-ortho nitro benzene ring substituents is 1. The van der Waals surface area contributed by atoms with Crippen molar-refractivity contribution in [3.8, 4) is 0 Å². The second kappa shape index (κ2) is 15.4. The number of hydrogen-bond donors (Lipinski definition) is 1. The van der Waals surface area contributed by atoms with E-state index in [1.165, 1.54) is 69.2 Å². The molecule has 0 aliphatic carbocycles. The molecule has 1 N–H and O–H groups in total. The average Bonchev–Trinajstić information content (AvgIpc) is 3.36. The number of carbonyl (C=O) groups is 1. The van der Waals surface area contributed by atoms with Crippen LogP contribution in [0, 0.1) is 10.1 Å². The maximum absolute atomic E-state index is 13.1. The fraction of sp³-hybridized carbons (Fsp3) is 0.774. The van der Waals surface area contributed by atoms with Gasteiger partial charge in [-0.25, -0.2) is 4.79 Å². The number of fused-ring (bicyclic) bond motifs is 1. The van der Waals surface area contributed by atoms with Crippen molar-refractivity contribution in [1.82, 2.24) is 4.90 Å². The predicted molar refractivity (Wildman–Crippen MR) is 158 cm³/mol. The molecule has 4 atom stereocenters. The summed E-state index contributed by atoms with van der Waals surface area (Å²) in [5.74, 6) is -2.14. The van der Waals surface area contributed by atoms with Crippen LogP contribution in [-0.2, 0) is 23.7 Å². The van der Waals surface area contributed by atoms with E-state index in [1.54, 1.807) is 0 Å². The number of ether oxygens (including phenoxy) is 5. The lowest BCUT2D eigenvalue weighted by molar-refractivity contribution is -0.384. The van der Waals surface area contributed by atoms with E-state index in [9.17, 15) is 14.9 Å². The van der Waals surface area contributed by atoms with E-state index in [0.717, 1.165) is 38.8 Å². The van der Waals surface area contributed by atoms with Gasteiger partial charge in [-0.15, -0.1) is 0 Å². The van der Waals surface area contributed by atoms with Gasteiger partial charge in [0.05, 0.1) is 4.92 Å². The Hall–Kier alpha value is -2.31. The predicted octanol–water partition coefficient (Wildman–Crippen LogP) is 6.40. The quantitative estimate of drug-likeness (QED) is 0.132. The third kappa shape index (κ3) is 9.09. The van der Waals surface area contributed by atoms with E-state index in [0.29, 0.717) is 18.8 Å². The van der Waals surface area contributed by atoms with Crippen molar-refractivity contribution in [1.29, 1.82) is 0 Å². The van der Waals surface area contributed by atoms with Gasteiger partial charge in [-0.1, -0.05) is 58.3 Å². The van der Waals surface area contributed by atoms with E-state index in [2.05, 4.69) is 17.1 Å². The molecule has 1 aromatic carbocycles. The van der Waals surface area contributed by atoms with Crippen LogP contribution in [0.4, 0.5) is 16.2 Å². The number of carbonyl (C=O) groups excluding carboxylic acids is 1. The third-order valence-corrected chi connectivity index (χ3v) is 8.18. The highest BCUT2D eigenvalue weighted by Crippen LogP contribution is 2.47. The first-order valence-electron chi connectivity index (χ1n) is 15.8. The molecule has 0 unspecified atom stereocenters. The minimum Gasteiger partial charge on any atom is -0.440 e. The molecule has 0 radical (unpaired) electrons. The van der Waals surface area contributed by atoms with Crippen molar-refractivity contribution < 1.29 is 33.4 Å². The van der Waals surface area contributed by atoms with Crippen molar-refractivity contribution >= 4 is 17.5 Å². The highest BCUT2D eigenvalue weighted by molar-refractivity contribution is 5.84. The zero-order valence-corrected chi connectivity index (χ0v) is 25.5. The number of nitrogens with one attached hydrogen (secondary N) is 1. The van der Waals surface area contributed by atoms with Crippen LogP contribution in [0.15, 0.2) is 24.3 Å². The van der Waals surface area contributed by atoms with Crippen molar-refractivity contribution in [3.05, 3.63) is 34.4 Å². The highest BCUT2D eigenvalue weighted by atomic mass is 16.9. The van der Waals surface area contributed by atoms with Gasteiger partial charge in [0, 0.05) is 31.0 Å². The third-order valence-electron chi connectivity index (χ3n) is 8.18. The molecule has 0 aromatic heterocycles. The molecule has 4 rings (SSSR count). The first-order chi connectivity index (χ1) is 20.2. The molecule has 0 bridgehead atoms. The molecule has 1 aromatic rings. The standard InChI is InChI=1S/C31H49N3O8/c1-4-5-6-7-8-9-10-14-21-38-23-31-28(41-30(2,3)42-31)27(26(40-31)22-33-19-12-11-13-20-33)39-29(35)32-24-15-17-25(18-16-24)34(36)37/h15-18,26-28H,4-14,19-23H2,1-3H3,(H,32,35)/t26-,27+,28-,31-/m0/s1. The zero-order valence-electron chi connectivity index (χ0n) is 25.5. The van der Waals surface area contributed by atoms with E-state index in [4.69, 9.17) is 23.7 Å². The molecule has 3 fully saturated rings. The number of rotatable bonds is 16. The lowest BCUT2D eigenvalue weighted by Crippen LogP contribution is -2.46. The topological polar surface area (TPSA) is 122 Å². The molecule has 3 aliphatic heterocycles. The Morgan fingerprint density at radius 2 is 1.69 bits per heavy atom. The second-order valence-corrected chi connectivity index (χ2v) is 12.2. The second-order valence-electron chi connectivity index (χ2n) is 12.2. The fourth-order valence-corrected chi connectivity index (χ4v) is 6.13. The van der Waals surface area contributed by atoms with Crippen molar-refractivity contribution in [3.63, 3.8) is 0 Å².